The van der Waals surface area contributed by atoms with Gasteiger partial charge in [-0.25, -0.2) is 0 Å². The van der Waals surface area contributed by atoms with Crippen LogP contribution in [0.4, 0.5) is 5.69 Å². The highest BCUT2D eigenvalue weighted by Gasteiger charge is 2.56. The first-order valence-electron chi connectivity index (χ1n) is 9.32. The van der Waals surface area contributed by atoms with Gasteiger partial charge < -0.3 is 15.4 Å². The molecule has 0 aliphatic heterocycles. The fourth-order valence-corrected chi connectivity index (χ4v) is 2.91. The Kier molecular flexibility index (Phi) is 5.49. The summed E-state index contributed by atoms with van der Waals surface area (Å²) in [6.45, 7) is 6.30. The van der Waals surface area contributed by atoms with Crippen LogP contribution in [0, 0.1) is 12.3 Å². The fraction of sp³-hybridized carbons (Fsp3) is 0.364. The lowest BCUT2D eigenvalue weighted by Gasteiger charge is -2.18. The van der Waals surface area contributed by atoms with Crippen molar-refractivity contribution in [1.82, 2.24) is 5.32 Å². The minimum atomic E-state index is -0.977. The first kappa shape index (κ1) is 19.0. The molecule has 0 atom stereocenters. The predicted octanol–water partition coefficient (Wildman–Crippen LogP) is 3.82. The lowest BCUT2D eigenvalue weighted by atomic mass is 10.0. The summed E-state index contributed by atoms with van der Waals surface area (Å²) in [4.78, 5) is 25.5. The fourth-order valence-electron chi connectivity index (χ4n) is 2.91. The zero-order valence-electron chi connectivity index (χ0n) is 16.0. The third-order valence-corrected chi connectivity index (χ3v) is 4.69. The van der Waals surface area contributed by atoms with Crippen LogP contribution in [0.1, 0.15) is 37.8 Å². The number of para-hydroxylation sites is 2. The smallest absolute Gasteiger partial charge is 0.240 e. The Morgan fingerprint density at radius 2 is 1.70 bits per heavy atom. The van der Waals surface area contributed by atoms with E-state index in [1.807, 2.05) is 63.2 Å². The number of carbonyl (C=O) groups is 2. The summed E-state index contributed by atoms with van der Waals surface area (Å²) in [5.41, 5.74) is 1.80. The highest BCUT2D eigenvalue weighted by Crippen LogP contribution is 2.47. The average molecular weight is 366 g/mol. The van der Waals surface area contributed by atoms with Crippen molar-refractivity contribution in [1.29, 1.82) is 0 Å². The molecule has 0 unspecified atom stereocenters. The van der Waals surface area contributed by atoms with E-state index in [-0.39, 0.29) is 17.9 Å². The Morgan fingerprint density at radius 3 is 2.33 bits per heavy atom. The molecule has 0 aromatic heterocycles. The van der Waals surface area contributed by atoms with Crippen molar-refractivity contribution in [2.75, 3.05) is 5.32 Å². The molecule has 2 N–H and O–H groups in total. The molecule has 142 valence electrons. The highest BCUT2D eigenvalue weighted by molar-refractivity contribution is 6.13. The van der Waals surface area contributed by atoms with E-state index < -0.39 is 5.41 Å². The summed E-state index contributed by atoms with van der Waals surface area (Å²) >= 11 is 0. The van der Waals surface area contributed by atoms with Crippen molar-refractivity contribution in [3.8, 4) is 5.75 Å². The third kappa shape index (κ3) is 4.48. The van der Waals surface area contributed by atoms with Gasteiger partial charge >= 0.3 is 0 Å². The van der Waals surface area contributed by atoms with Gasteiger partial charge in [0.25, 0.3) is 0 Å². The lowest BCUT2D eigenvalue weighted by molar-refractivity contribution is -0.134. The van der Waals surface area contributed by atoms with Crippen molar-refractivity contribution < 1.29 is 14.3 Å². The second-order valence-electron chi connectivity index (χ2n) is 7.37. The molecule has 5 nitrogen and oxygen atoms in total. The van der Waals surface area contributed by atoms with Gasteiger partial charge in [0, 0.05) is 6.54 Å². The van der Waals surface area contributed by atoms with Crippen LogP contribution >= 0.6 is 0 Å². The van der Waals surface area contributed by atoms with Crippen molar-refractivity contribution >= 4 is 17.5 Å². The Balaban J connectivity index is 1.64. The van der Waals surface area contributed by atoms with E-state index in [4.69, 9.17) is 4.74 Å². The number of hydrogen-bond donors (Lipinski definition) is 2. The van der Waals surface area contributed by atoms with Crippen LogP contribution in [0.25, 0.3) is 0 Å². The van der Waals surface area contributed by atoms with E-state index in [0.717, 1.165) is 5.56 Å². The molecule has 2 aromatic carbocycles. The molecule has 2 aromatic rings. The number of rotatable bonds is 7. The highest BCUT2D eigenvalue weighted by atomic mass is 16.5. The molecular weight excluding hydrogens is 340 g/mol. The molecule has 5 heteroatoms. The van der Waals surface area contributed by atoms with Crippen LogP contribution in [-0.2, 0) is 16.1 Å². The van der Waals surface area contributed by atoms with Gasteiger partial charge in [-0.2, -0.15) is 0 Å². The van der Waals surface area contributed by atoms with Gasteiger partial charge in [-0.15, -0.1) is 0 Å². The van der Waals surface area contributed by atoms with Gasteiger partial charge in [0.1, 0.15) is 11.2 Å². The van der Waals surface area contributed by atoms with Gasteiger partial charge in [0.15, 0.2) is 0 Å². The Hall–Kier alpha value is -2.82. The molecule has 0 heterocycles. The summed E-state index contributed by atoms with van der Waals surface area (Å²) in [6, 6.07) is 15.3. The molecule has 1 saturated carbocycles. The van der Waals surface area contributed by atoms with E-state index in [2.05, 4.69) is 10.6 Å². The maximum Gasteiger partial charge on any atom is 0.240 e. The van der Waals surface area contributed by atoms with Crippen LogP contribution in [0.5, 0.6) is 5.75 Å². The summed E-state index contributed by atoms with van der Waals surface area (Å²) in [5.74, 6) is 0.114. The van der Waals surface area contributed by atoms with Crippen LogP contribution in [0.2, 0.25) is 0 Å². The Labute approximate surface area is 160 Å². The zero-order chi connectivity index (χ0) is 19.4. The Morgan fingerprint density at radius 1 is 1.04 bits per heavy atom. The van der Waals surface area contributed by atoms with Crippen molar-refractivity contribution in [3.63, 3.8) is 0 Å². The summed E-state index contributed by atoms with van der Waals surface area (Å²) in [5, 5.41) is 5.78. The van der Waals surface area contributed by atoms with E-state index in [9.17, 15) is 9.59 Å². The number of aryl methyl sites for hydroxylation is 1. The van der Waals surface area contributed by atoms with Gasteiger partial charge in [-0.3, -0.25) is 9.59 Å². The van der Waals surface area contributed by atoms with Crippen LogP contribution < -0.4 is 15.4 Å². The number of amides is 2. The van der Waals surface area contributed by atoms with Gasteiger partial charge in [-0.1, -0.05) is 42.0 Å². The SMILES string of the molecule is Cc1ccc(CNC(=O)C2(C(=O)Nc3ccccc3OC(C)C)CC2)cc1. The first-order valence-corrected chi connectivity index (χ1v) is 9.32. The van der Waals surface area contributed by atoms with Gasteiger partial charge in [-0.05, 0) is 51.3 Å². The van der Waals surface area contributed by atoms with Crippen molar-refractivity contribution in [3.05, 3.63) is 59.7 Å². The maximum atomic E-state index is 12.8. The van der Waals surface area contributed by atoms with E-state index in [0.29, 0.717) is 30.8 Å². The quantitative estimate of drug-likeness (QED) is 0.732. The second kappa shape index (κ2) is 7.82. The minimum absolute atomic E-state index is 0.00394. The molecule has 2 amide bonds. The lowest BCUT2D eigenvalue weighted by Crippen LogP contribution is -2.39. The number of carbonyl (C=O) groups excluding carboxylic acids is 2. The van der Waals surface area contributed by atoms with Crippen LogP contribution in [-0.4, -0.2) is 17.9 Å². The van der Waals surface area contributed by atoms with Crippen LogP contribution in [0.15, 0.2) is 48.5 Å². The topological polar surface area (TPSA) is 67.4 Å². The maximum absolute atomic E-state index is 12.8. The molecule has 0 saturated heterocycles. The van der Waals surface area contributed by atoms with Crippen molar-refractivity contribution in [2.45, 2.75) is 46.3 Å². The summed E-state index contributed by atoms with van der Waals surface area (Å²) < 4.78 is 5.74. The van der Waals surface area contributed by atoms with E-state index >= 15 is 0 Å². The monoisotopic (exact) mass is 366 g/mol. The molecule has 1 aliphatic carbocycles. The van der Waals surface area contributed by atoms with E-state index in [1.165, 1.54) is 5.56 Å². The van der Waals surface area contributed by atoms with Gasteiger partial charge in [0.05, 0.1) is 11.8 Å². The number of ether oxygens (including phenoxy) is 1. The molecule has 0 bridgehead atoms. The number of anilines is 1. The Bertz CT molecular complexity index is 824. The third-order valence-electron chi connectivity index (χ3n) is 4.69. The predicted molar refractivity (Wildman–Crippen MR) is 106 cm³/mol. The largest absolute Gasteiger partial charge is 0.489 e. The standard InChI is InChI=1S/C22H26N2O3/c1-15(2)27-19-7-5-4-6-18(19)24-21(26)22(12-13-22)20(25)23-14-17-10-8-16(3)9-11-17/h4-11,15H,12-14H2,1-3H3,(H,23,25)(H,24,26). The van der Waals surface area contributed by atoms with Gasteiger partial charge in [0.2, 0.25) is 11.8 Å². The number of benzene rings is 2. The molecule has 3 rings (SSSR count). The number of hydrogen-bond acceptors (Lipinski definition) is 3. The number of nitrogens with one attached hydrogen (secondary N) is 2. The second-order valence-corrected chi connectivity index (χ2v) is 7.37. The average Bonchev–Trinajstić information content (AvgIpc) is 3.44. The van der Waals surface area contributed by atoms with Crippen LogP contribution in [0.3, 0.4) is 0 Å². The minimum Gasteiger partial charge on any atom is -0.489 e. The summed E-state index contributed by atoms with van der Waals surface area (Å²) in [6.07, 6.45) is 1.12. The molecule has 0 radical (unpaired) electrons. The molecule has 1 fully saturated rings. The molecule has 27 heavy (non-hydrogen) atoms. The van der Waals surface area contributed by atoms with Crippen molar-refractivity contribution in [2.24, 2.45) is 5.41 Å². The molecule has 0 spiro atoms. The molecule has 1 aliphatic rings. The summed E-state index contributed by atoms with van der Waals surface area (Å²) in [7, 11) is 0. The normalized spacial score (nSPS) is 14.5. The first-order chi connectivity index (χ1) is 12.9. The van der Waals surface area contributed by atoms with E-state index in [1.54, 1.807) is 6.07 Å². The molecular formula is C22H26N2O3. The zero-order valence-corrected chi connectivity index (χ0v) is 16.0.